The van der Waals surface area contributed by atoms with Gasteiger partial charge in [0.1, 0.15) is 12.2 Å². The lowest BCUT2D eigenvalue weighted by Gasteiger charge is -2.48. The van der Waals surface area contributed by atoms with E-state index >= 15 is 0 Å². The predicted octanol–water partition coefficient (Wildman–Crippen LogP) is 6.12. The summed E-state index contributed by atoms with van der Waals surface area (Å²) in [7, 11) is 0. The smallest absolute Gasteiger partial charge is 0.303 e. The second-order valence-corrected chi connectivity index (χ2v) is 17.4. The molecule has 2 aliphatic rings. The zero-order valence-corrected chi connectivity index (χ0v) is 41.3. The minimum atomic E-state index is -1.78. The number of amides is 2. The SMILES string of the molecule is CCCCCCCCCCCC(=O)NC[C@H]1O[C@H](O[C@H]2O[C@H](CNC(=O)CCCCCCCCCCC)[C@@H](OC(C)=O)[C@H](OC(C)=O)[C@H]2OC(C)=O)[C@H](OC(C)=O)[C@@H](OC(C)=O)[C@@H]1OC(C)=O. The fourth-order valence-electron chi connectivity index (χ4n) is 8.19. The van der Waals surface area contributed by atoms with Crippen LogP contribution in [0, 0.1) is 0 Å². The summed E-state index contributed by atoms with van der Waals surface area (Å²) in [5.74, 6) is -5.80. The predicted molar refractivity (Wildman–Crippen MR) is 241 cm³/mol. The van der Waals surface area contributed by atoms with Crippen LogP contribution >= 0.6 is 0 Å². The van der Waals surface area contributed by atoms with Crippen molar-refractivity contribution in [2.45, 2.75) is 245 Å². The Labute approximate surface area is 396 Å². The van der Waals surface area contributed by atoms with Crippen LogP contribution in [0.25, 0.3) is 0 Å². The van der Waals surface area contributed by atoms with E-state index in [2.05, 4.69) is 24.5 Å². The summed E-state index contributed by atoms with van der Waals surface area (Å²) in [5, 5.41) is 5.57. The first-order valence-electron chi connectivity index (χ1n) is 24.5. The van der Waals surface area contributed by atoms with Crippen LogP contribution in [-0.4, -0.2) is 122 Å². The minimum Gasteiger partial charge on any atom is -0.456 e. The first-order chi connectivity index (χ1) is 32.0. The van der Waals surface area contributed by atoms with Gasteiger partial charge in [-0.3, -0.25) is 38.4 Å². The molecule has 67 heavy (non-hydrogen) atoms. The molecule has 0 aliphatic carbocycles. The zero-order chi connectivity index (χ0) is 49.7. The number of carbonyl (C=O) groups excluding carboxylic acids is 8. The van der Waals surface area contributed by atoms with Gasteiger partial charge in [0.2, 0.25) is 24.4 Å². The highest BCUT2D eigenvalue weighted by Crippen LogP contribution is 2.35. The van der Waals surface area contributed by atoms with E-state index in [1.54, 1.807) is 0 Å². The van der Waals surface area contributed by atoms with Gasteiger partial charge in [-0.05, 0) is 12.8 Å². The Morgan fingerprint density at radius 1 is 0.358 bits per heavy atom. The van der Waals surface area contributed by atoms with Crippen molar-refractivity contribution < 1.29 is 81.0 Å². The van der Waals surface area contributed by atoms with Gasteiger partial charge in [-0.15, -0.1) is 0 Å². The van der Waals surface area contributed by atoms with Gasteiger partial charge in [-0.2, -0.15) is 0 Å². The normalized spacial score (nSPS) is 24.7. The van der Waals surface area contributed by atoms with E-state index in [1.165, 1.54) is 51.4 Å². The first kappa shape index (κ1) is 58.8. The van der Waals surface area contributed by atoms with E-state index in [1.807, 2.05) is 0 Å². The van der Waals surface area contributed by atoms with Crippen molar-refractivity contribution >= 4 is 47.6 Å². The summed E-state index contributed by atoms with van der Waals surface area (Å²) in [4.78, 5) is 102. The monoisotopic (exact) mass is 957 g/mol. The molecule has 2 amide bonds. The third-order valence-corrected chi connectivity index (χ3v) is 11.3. The maximum atomic E-state index is 13.1. The summed E-state index contributed by atoms with van der Waals surface area (Å²) in [6, 6.07) is 0. The van der Waals surface area contributed by atoms with Crippen molar-refractivity contribution in [3.8, 4) is 0 Å². The second-order valence-electron chi connectivity index (χ2n) is 17.4. The van der Waals surface area contributed by atoms with Gasteiger partial charge in [0, 0.05) is 67.5 Å². The van der Waals surface area contributed by atoms with Gasteiger partial charge < -0.3 is 53.3 Å². The molecule has 0 aromatic carbocycles. The van der Waals surface area contributed by atoms with Crippen LogP contribution in [0.4, 0.5) is 0 Å². The van der Waals surface area contributed by atoms with Crippen LogP contribution in [0.2, 0.25) is 0 Å². The van der Waals surface area contributed by atoms with Gasteiger partial charge in [-0.1, -0.05) is 117 Å². The number of ether oxygens (including phenoxy) is 9. The highest BCUT2D eigenvalue weighted by molar-refractivity contribution is 5.76. The van der Waals surface area contributed by atoms with Crippen molar-refractivity contribution in [2.24, 2.45) is 0 Å². The molecule has 10 atom stereocenters. The molecule has 0 radical (unpaired) electrons. The van der Waals surface area contributed by atoms with Gasteiger partial charge in [0.15, 0.2) is 36.6 Å². The van der Waals surface area contributed by atoms with E-state index in [0.717, 1.165) is 92.9 Å². The molecule has 2 fully saturated rings. The molecular formula is C48H80N2O17. The van der Waals surface area contributed by atoms with E-state index in [9.17, 15) is 38.4 Å². The van der Waals surface area contributed by atoms with Crippen LogP contribution in [0.1, 0.15) is 184 Å². The summed E-state index contributed by atoms with van der Waals surface area (Å²) in [6.45, 7) is 10.3. The summed E-state index contributed by atoms with van der Waals surface area (Å²) < 4.78 is 52.6. The molecule has 2 N–H and O–H groups in total. The third kappa shape index (κ3) is 24.0. The van der Waals surface area contributed by atoms with Crippen LogP contribution < -0.4 is 10.6 Å². The third-order valence-electron chi connectivity index (χ3n) is 11.3. The van der Waals surface area contributed by atoms with E-state index < -0.39 is 97.2 Å². The Morgan fingerprint density at radius 2 is 0.612 bits per heavy atom. The number of rotatable bonds is 32. The lowest BCUT2D eigenvalue weighted by Crippen LogP contribution is -2.67. The fraction of sp³-hybridized carbons (Fsp3) is 0.833. The number of carbonyl (C=O) groups is 8. The Bertz CT molecular complexity index is 1430. The standard InChI is InChI=1S/C48H80N2O17/c1-9-11-13-15-17-19-21-23-25-27-39(57)49-29-37-41(59-31(3)51)43(61-33(5)53)45(63-35(7)55)47(65-37)67-48-46(64-36(8)56)44(62-34(6)54)42(60-32(4)52)38(66-48)30-50-40(58)28-26-24-22-20-18-16-14-12-10-2/h37-38,41-48H,9-30H2,1-8H3,(H,49,57)(H,50,58)/t37-,38-,41-,42-,43+,44+,45-,46-,47-,48-/m1/s1. The lowest BCUT2D eigenvalue weighted by molar-refractivity contribution is -0.373. The molecular weight excluding hydrogens is 877 g/mol. The minimum absolute atomic E-state index is 0.197. The van der Waals surface area contributed by atoms with E-state index in [-0.39, 0.29) is 37.7 Å². The summed E-state index contributed by atoms with van der Waals surface area (Å²) in [5.41, 5.74) is 0. The number of nitrogens with one attached hydrogen (secondary N) is 2. The van der Waals surface area contributed by atoms with E-state index in [4.69, 9.17) is 42.6 Å². The molecule has 2 rings (SSSR count). The topological polar surface area (TPSA) is 244 Å². The second kappa shape index (κ2) is 33.2. The Balaban J connectivity index is 2.43. The maximum Gasteiger partial charge on any atom is 0.303 e. The fourth-order valence-corrected chi connectivity index (χ4v) is 8.19. The molecule has 0 bridgehead atoms. The van der Waals surface area contributed by atoms with Gasteiger partial charge in [0.25, 0.3) is 0 Å². The molecule has 0 spiro atoms. The van der Waals surface area contributed by atoms with Crippen molar-refractivity contribution in [2.75, 3.05) is 13.1 Å². The van der Waals surface area contributed by atoms with Crippen molar-refractivity contribution in [1.29, 1.82) is 0 Å². The summed E-state index contributed by atoms with van der Waals surface area (Å²) >= 11 is 0. The molecule has 2 saturated heterocycles. The van der Waals surface area contributed by atoms with Crippen LogP contribution in [-0.2, 0) is 81.0 Å². The Morgan fingerprint density at radius 3 is 0.896 bits per heavy atom. The zero-order valence-electron chi connectivity index (χ0n) is 41.3. The van der Waals surface area contributed by atoms with Crippen LogP contribution in [0.5, 0.6) is 0 Å². The summed E-state index contributed by atoms with van der Waals surface area (Å²) in [6.07, 6.45) is 3.77. The highest BCUT2D eigenvalue weighted by Gasteiger charge is 2.57. The van der Waals surface area contributed by atoms with Gasteiger partial charge in [0.05, 0.1) is 0 Å². The van der Waals surface area contributed by atoms with Crippen LogP contribution in [0.3, 0.4) is 0 Å². The lowest BCUT2D eigenvalue weighted by atomic mass is 9.96. The number of hydrogen-bond donors (Lipinski definition) is 2. The molecule has 0 saturated carbocycles. The van der Waals surface area contributed by atoms with Crippen molar-refractivity contribution in [3.05, 3.63) is 0 Å². The first-order valence-corrected chi connectivity index (χ1v) is 24.5. The Kier molecular flexibility index (Phi) is 29.1. The molecule has 0 aromatic rings. The quantitative estimate of drug-likeness (QED) is 0.0438. The molecule has 0 unspecified atom stereocenters. The van der Waals surface area contributed by atoms with Gasteiger partial charge >= 0.3 is 35.8 Å². The molecule has 384 valence electrons. The molecule has 2 aliphatic heterocycles. The number of hydrogen-bond acceptors (Lipinski definition) is 17. The number of esters is 6. The van der Waals surface area contributed by atoms with Crippen molar-refractivity contribution in [3.63, 3.8) is 0 Å². The highest BCUT2D eigenvalue weighted by atomic mass is 16.8. The average Bonchev–Trinajstić information content (AvgIpc) is 3.24. The van der Waals surface area contributed by atoms with Gasteiger partial charge in [-0.25, -0.2) is 0 Å². The van der Waals surface area contributed by atoms with Crippen LogP contribution in [0.15, 0.2) is 0 Å². The molecule has 0 aromatic heterocycles. The maximum absolute atomic E-state index is 13.1. The van der Waals surface area contributed by atoms with E-state index in [0.29, 0.717) is 12.8 Å². The molecule has 19 nitrogen and oxygen atoms in total. The van der Waals surface area contributed by atoms with Crippen molar-refractivity contribution in [1.82, 2.24) is 10.6 Å². The number of unbranched alkanes of at least 4 members (excludes halogenated alkanes) is 16. The molecule has 2 heterocycles. The largest absolute Gasteiger partial charge is 0.456 e. The molecule has 19 heteroatoms. The Hall–Kier alpha value is -4.36. The average molecular weight is 957 g/mol.